The SMILES string of the molecule is C=C1N=C(NC(C)(C)C)C=CN1C(C)(C)C. The van der Waals surface area contributed by atoms with E-state index in [0.29, 0.717) is 0 Å². The van der Waals surface area contributed by atoms with Crippen LogP contribution >= 0.6 is 0 Å². The predicted molar refractivity (Wildman–Crippen MR) is 70.2 cm³/mol. The second-order valence-electron chi connectivity index (χ2n) is 6.14. The van der Waals surface area contributed by atoms with Crippen LogP contribution in [0.1, 0.15) is 41.5 Å². The van der Waals surface area contributed by atoms with E-state index in [1.165, 1.54) is 0 Å². The van der Waals surface area contributed by atoms with Gasteiger partial charge < -0.3 is 10.2 Å². The third kappa shape index (κ3) is 3.40. The maximum absolute atomic E-state index is 4.47. The first-order valence-corrected chi connectivity index (χ1v) is 5.63. The molecule has 0 radical (unpaired) electrons. The van der Waals surface area contributed by atoms with Gasteiger partial charge in [-0.15, -0.1) is 0 Å². The van der Waals surface area contributed by atoms with Crippen LogP contribution in [0.4, 0.5) is 0 Å². The highest BCUT2D eigenvalue weighted by Gasteiger charge is 2.23. The number of nitrogens with one attached hydrogen (secondary N) is 1. The average molecular weight is 221 g/mol. The topological polar surface area (TPSA) is 27.6 Å². The van der Waals surface area contributed by atoms with Crippen LogP contribution in [0.25, 0.3) is 0 Å². The molecule has 90 valence electrons. The molecule has 0 fully saturated rings. The number of nitrogens with zero attached hydrogens (tertiary/aromatic N) is 2. The first-order chi connectivity index (χ1) is 7.09. The van der Waals surface area contributed by atoms with Gasteiger partial charge in [-0.05, 0) is 47.6 Å². The lowest BCUT2D eigenvalue weighted by Crippen LogP contribution is -2.43. The van der Waals surface area contributed by atoms with Gasteiger partial charge in [-0.25, -0.2) is 4.99 Å². The average Bonchev–Trinajstić information content (AvgIpc) is 1.97. The molecule has 0 atom stereocenters. The van der Waals surface area contributed by atoms with E-state index in [4.69, 9.17) is 0 Å². The van der Waals surface area contributed by atoms with E-state index in [0.717, 1.165) is 11.7 Å². The standard InChI is InChI=1S/C13H23N3/c1-10-14-11(15-12(2,3)4)8-9-16(10)13(5,6)7/h8-9H,1H2,2-7H3,(H,14,15). The molecule has 3 heteroatoms. The van der Waals surface area contributed by atoms with Crippen LogP contribution in [0.15, 0.2) is 29.7 Å². The maximum Gasteiger partial charge on any atom is 0.130 e. The number of hydrogen-bond acceptors (Lipinski definition) is 3. The number of amidine groups is 1. The van der Waals surface area contributed by atoms with E-state index in [1.54, 1.807) is 0 Å². The minimum atomic E-state index is 0.0182. The molecule has 0 spiro atoms. The van der Waals surface area contributed by atoms with Gasteiger partial charge >= 0.3 is 0 Å². The molecule has 3 nitrogen and oxygen atoms in total. The van der Waals surface area contributed by atoms with Crippen LogP contribution in [0, 0.1) is 0 Å². The maximum atomic E-state index is 4.47. The Bertz CT molecular complexity index is 337. The van der Waals surface area contributed by atoms with Gasteiger partial charge in [0.05, 0.1) is 0 Å². The molecule has 1 heterocycles. The van der Waals surface area contributed by atoms with Crippen molar-refractivity contribution in [3.05, 3.63) is 24.7 Å². The Labute approximate surface area is 98.9 Å². The summed E-state index contributed by atoms with van der Waals surface area (Å²) < 4.78 is 0. The summed E-state index contributed by atoms with van der Waals surface area (Å²) in [5.74, 6) is 1.65. The summed E-state index contributed by atoms with van der Waals surface area (Å²) in [6, 6.07) is 0. The van der Waals surface area contributed by atoms with Crippen LogP contribution in [0.5, 0.6) is 0 Å². The molecule has 0 saturated carbocycles. The molecule has 16 heavy (non-hydrogen) atoms. The van der Waals surface area contributed by atoms with Crippen molar-refractivity contribution < 1.29 is 0 Å². The molecule has 0 bridgehead atoms. The van der Waals surface area contributed by atoms with Gasteiger partial charge in [0.25, 0.3) is 0 Å². The zero-order valence-corrected chi connectivity index (χ0v) is 11.3. The third-order valence-electron chi connectivity index (χ3n) is 2.13. The minimum Gasteiger partial charge on any atom is -0.365 e. The normalized spacial score (nSPS) is 17.5. The summed E-state index contributed by atoms with van der Waals surface area (Å²) in [6.07, 6.45) is 4.02. The second kappa shape index (κ2) is 3.96. The van der Waals surface area contributed by atoms with Crippen molar-refractivity contribution in [3.8, 4) is 0 Å². The highest BCUT2D eigenvalue weighted by atomic mass is 15.3. The molecule has 0 aliphatic carbocycles. The molecule has 1 aliphatic rings. The highest BCUT2D eigenvalue weighted by molar-refractivity contribution is 5.94. The van der Waals surface area contributed by atoms with Gasteiger partial charge in [0.2, 0.25) is 0 Å². The predicted octanol–water partition coefficient (Wildman–Crippen LogP) is 2.87. The zero-order chi connectivity index (χ0) is 12.6. The largest absolute Gasteiger partial charge is 0.365 e. The van der Waals surface area contributed by atoms with E-state index in [9.17, 15) is 0 Å². The molecular weight excluding hydrogens is 198 g/mol. The fraction of sp³-hybridized carbons (Fsp3) is 0.615. The van der Waals surface area contributed by atoms with Crippen molar-refractivity contribution in [1.82, 2.24) is 10.2 Å². The first kappa shape index (κ1) is 12.8. The lowest BCUT2D eigenvalue weighted by molar-refractivity contribution is 0.255. The molecular formula is C13H23N3. The molecule has 0 aromatic rings. The van der Waals surface area contributed by atoms with Crippen LogP contribution in [-0.4, -0.2) is 21.8 Å². The summed E-state index contributed by atoms with van der Waals surface area (Å²) in [5, 5.41) is 3.34. The van der Waals surface area contributed by atoms with Gasteiger partial charge in [0.15, 0.2) is 0 Å². The molecule has 0 amide bonds. The van der Waals surface area contributed by atoms with Crippen molar-refractivity contribution in [2.75, 3.05) is 0 Å². The fourth-order valence-corrected chi connectivity index (χ4v) is 1.53. The Kier molecular flexibility index (Phi) is 3.17. The van der Waals surface area contributed by atoms with E-state index in [1.807, 2.05) is 12.3 Å². The Hall–Kier alpha value is -1.25. The monoisotopic (exact) mass is 221 g/mol. The molecule has 0 saturated heterocycles. The summed E-state index contributed by atoms with van der Waals surface area (Å²) in [5.41, 5.74) is 0.0394. The van der Waals surface area contributed by atoms with Crippen LogP contribution in [0.2, 0.25) is 0 Å². The Morgan fingerprint density at radius 3 is 2.12 bits per heavy atom. The fourth-order valence-electron chi connectivity index (χ4n) is 1.53. The van der Waals surface area contributed by atoms with Crippen molar-refractivity contribution in [2.45, 2.75) is 52.6 Å². The van der Waals surface area contributed by atoms with Crippen LogP contribution in [0.3, 0.4) is 0 Å². The molecule has 1 N–H and O–H groups in total. The van der Waals surface area contributed by atoms with E-state index in [-0.39, 0.29) is 11.1 Å². The van der Waals surface area contributed by atoms with Gasteiger partial charge in [0.1, 0.15) is 11.7 Å². The number of aliphatic imine (C=N–C) groups is 1. The molecule has 1 rings (SSSR count). The number of rotatable bonds is 0. The van der Waals surface area contributed by atoms with E-state index < -0.39 is 0 Å². The smallest absolute Gasteiger partial charge is 0.130 e. The Morgan fingerprint density at radius 2 is 1.75 bits per heavy atom. The second-order valence-corrected chi connectivity index (χ2v) is 6.14. The van der Waals surface area contributed by atoms with Crippen molar-refractivity contribution in [3.63, 3.8) is 0 Å². The van der Waals surface area contributed by atoms with Gasteiger partial charge in [0, 0.05) is 17.3 Å². The van der Waals surface area contributed by atoms with Crippen molar-refractivity contribution >= 4 is 5.84 Å². The van der Waals surface area contributed by atoms with Crippen LogP contribution < -0.4 is 5.32 Å². The van der Waals surface area contributed by atoms with E-state index >= 15 is 0 Å². The van der Waals surface area contributed by atoms with Crippen molar-refractivity contribution in [1.29, 1.82) is 0 Å². The summed E-state index contributed by atoms with van der Waals surface area (Å²) >= 11 is 0. The highest BCUT2D eigenvalue weighted by Crippen LogP contribution is 2.22. The lowest BCUT2D eigenvalue weighted by Gasteiger charge is -2.36. The van der Waals surface area contributed by atoms with Crippen LogP contribution in [-0.2, 0) is 0 Å². The Balaban J connectivity index is 2.79. The molecule has 0 aromatic carbocycles. The molecule has 0 unspecified atom stereocenters. The molecule has 0 aromatic heterocycles. The first-order valence-electron chi connectivity index (χ1n) is 5.63. The lowest BCUT2D eigenvalue weighted by atomic mass is 10.1. The minimum absolute atomic E-state index is 0.0182. The number of hydrogen-bond donors (Lipinski definition) is 1. The third-order valence-corrected chi connectivity index (χ3v) is 2.13. The quantitative estimate of drug-likeness (QED) is 0.681. The van der Waals surface area contributed by atoms with Gasteiger partial charge in [-0.1, -0.05) is 6.58 Å². The molecule has 1 aliphatic heterocycles. The van der Waals surface area contributed by atoms with Crippen molar-refractivity contribution in [2.24, 2.45) is 4.99 Å². The van der Waals surface area contributed by atoms with Gasteiger partial charge in [-0.2, -0.15) is 0 Å². The zero-order valence-electron chi connectivity index (χ0n) is 11.3. The summed E-state index contributed by atoms with van der Waals surface area (Å²) in [4.78, 5) is 6.54. The summed E-state index contributed by atoms with van der Waals surface area (Å²) in [7, 11) is 0. The van der Waals surface area contributed by atoms with Gasteiger partial charge in [-0.3, -0.25) is 0 Å². The Morgan fingerprint density at radius 1 is 1.19 bits per heavy atom. The summed E-state index contributed by atoms with van der Waals surface area (Å²) in [6.45, 7) is 16.7. The van der Waals surface area contributed by atoms with E-state index in [2.05, 4.69) is 63.3 Å².